The number of thioether (sulfide) groups is 1. The highest BCUT2D eigenvalue weighted by atomic mass is 32.2. The summed E-state index contributed by atoms with van der Waals surface area (Å²) in [5, 5.41) is 4.03. The monoisotopic (exact) mass is 427 g/mol. The zero-order chi connectivity index (χ0) is 20.4. The highest BCUT2D eigenvalue weighted by Gasteiger charge is 2.20. The number of para-hydroxylation sites is 1. The normalized spacial score (nSPS) is 13.6. The Morgan fingerprint density at radius 2 is 2.07 bits per heavy atom. The fraction of sp³-hybridized carbons (Fsp3) is 0.381. The van der Waals surface area contributed by atoms with Gasteiger partial charge in [0.1, 0.15) is 16.5 Å². The van der Waals surface area contributed by atoms with E-state index in [4.69, 9.17) is 10.7 Å². The van der Waals surface area contributed by atoms with Crippen molar-refractivity contribution in [3.05, 3.63) is 40.5 Å². The van der Waals surface area contributed by atoms with Gasteiger partial charge in [0.25, 0.3) is 0 Å². The summed E-state index contributed by atoms with van der Waals surface area (Å²) in [6, 6.07) is 7.80. The summed E-state index contributed by atoms with van der Waals surface area (Å²) in [5.41, 5.74) is 8.48. The van der Waals surface area contributed by atoms with Crippen molar-refractivity contribution in [1.29, 1.82) is 0 Å². The number of benzene rings is 1. The summed E-state index contributed by atoms with van der Waals surface area (Å²) >= 11 is 3.36. The average molecular weight is 428 g/mol. The second kappa shape index (κ2) is 8.69. The molecule has 3 N–H and O–H groups in total. The molecule has 29 heavy (non-hydrogen) atoms. The summed E-state index contributed by atoms with van der Waals surface area (Å²) in [4.78, 5) is 27.1. The van der Waals surface area contributed by atoms with Crippen LogP contribution >= 0.6 is 23.1 Å². The lowest BCUT2D eigenvalue weighted by Crippen LogP contribution is -2.30. The zero-order valence-electron chi connectivity index (χ0n) is 16.7. The van der Waals surface area contributed by atoms with Crippen LogP contribution in [0.1, 0.15) is 29.1 Å². The Kier molecular flexibility index (Phi) is 6.03. The van der Waals surface area contributed by atoms with Crippen LogP contribution in [0, 0.1) is 0 Å². The Bertz CT molecular complexity index is 1050. The van der Waals surface area contributed by atoms with E-state index < -0.39 is 0 Å². The molecule has 0 atom stereocenters. The predicted octanol–water partition coefficient (Wildman–Crippen LogP) is 3.94. The van der Waals surface area contributed by atoms with Crippen molar-refractivity contribution in [1.82, 2.24) is 14.9 Å². The fourth-order valence-electron chi connectivity index (χ4n) is 3.78. The van der Waals surface area contributed by atoms with Crippen LogP contribution in [0.4, 0.5) is 11.5 Å². The number of nitrogen functional groups attached to an aromatic ring is 1. The fourth-order valence-corrected chi connectivity index (χ4v) is 5.62. The van der Waals surface area contributed by atoms with Crippen LogP contribution in [0.15, 0.2) is 29.2 Å². The number of nitrogens with zero attached hydrogens (tertiary/aromatic N) is 3. The number of hydrogen-bond acceptors (Lipinski definition) is 7. The van der Waals surface area contributed by atoms with Gasteiger partial charge in [0.2, 0.25) is 5.91 Å². The predicted molar refractivity (Wildman–Crippen MR) is 122 cm³/mol. The van der Waals surface area contributed by atoms with Crippen molar-refractivity contribution in [2.45, 2.75) is 37.1 Å². The molecule has 4 rings (SSSR count). The first-order chi connectivity index (χ1) is 14.0. The molecule has 8 heteroatoms. The Balaban J connectivity index is 1.44. The summed E-state index contributed by atoms with van der Waals surface area (Å²) in [7, 11) is 1.89. The maximum atomic E-state index is 12.5. The van der Waals surface area contributed by atoms with Gasteiger partial charge < -0.3 is 11.1 Å². The molecule has 0 saturated heterocycles. The summed E-state index contributed by atoms with van der Waals surface area (Å²) in [6.45, 7) is 0.727. The quantitative estimate of drug-likeness (QED) is 0.580. The van der Waals surface area contributed by atoms with Crippen LogP contribution in [0.5, 0.6) is 0 Å². The van der Waals surface area contributed by atoms with Gasteiger partial charge in [-0.05, 0) is 56.7 Å². The molecule has 0 radical (unpaired) electrons. The standard InChI is InChI=1S/C21H25N5OS2/c1-26(12-18(27)23-14-8-4-6-10-16(14)28-2)11-17-24-20(22)19-13-7-3-5-9-15(13)29-21(19)25-17/h4,6,8,10H,3,5,7,9,11-12H2,1-2H3,(H,23,27)(H2,22,24,25). The summed E-state index contributed by atoms with van der Waals surface area (Å²) in [5.74, 6) is 1.17. The van der Waals surface area contributed by atoms with E-state index in [1.54, 1.807) is 23.1 Å². The number of fused-ring (bicyclic) bond motifs is 3. The molecule has 2 aromatic heterocycles. The Morgan fingerprint density at radius 1 is 1.28 bits per heavy atom. The largest absolute Gasteiger partial charge is 0.383 e. The Morgan fingerprint density at radius 3 is 2.90 bits per heavy atom. The average Bonchev–Trinajstić information content (AvgIpc) is 3.06. The number of rotatable bonds is 6. The number of thiophene rings is 1. The number of nitrogens with one attached hydrogen (secondary N) is 1. The van der Waals surface area contributed by atoms with E-state index in [1.165, 1.54) is 23.3 Å². The van der Waals surface area contributed by atoms with E-state index in [0.717, 1.165) is 33.6 Å². The Hall–Kier alpha value is -2.16. The SMILES string of the molecule is CSc1ccccc1NC(=O)CN(C)Cc1nc(N)c2c3c(sc2n1)CCCC3. The molecule has 0 saturated carbocycles. The zero-order valence-corrected chi connectivity index (χ0v) is 18.3. The molecule has 1 aliphatic rings. The molecule has 0 bridgehead atoms. The van der Waals surface area contributed by atoms with Crippen molar-refractivity contribution < 1.29 is 4.79 Å². The van der Waals surface area contributed by atoms with E-state index >= 15 is 0 Å². The lowest BCUT2D eigenvalue weighted by Gasteiger charge is -2.16. The van der Waals surface area contributed by atoms with Crippen molar-refractivity contribution in [2.75, 3.05) is 30.9 Å². The number of amides is 1. The third-order valence-corrected chi connectivity index (χ3v) is 7.08. The van der Waals surface area contributed by atoms with Crippen LogP contribution in [-0.4, -0.2) is 40.6 Å². The highest BCUT2D eigenvalue weighted by Crippen LogP contribution is 2.37. The number of carbonyl (C=O) groups is 1. The third-order valence-electron chi connectivity index (χ3n) is 5.09. The summed E-state index contributed by atoms with van der Waals surface area (Å²) < 4.78 is 0. The lowest BCUT2D eigenvalue weighted by atomic mass is 9.97. The molecule has 1 amide bonds. The van der Waals surface area contributed by atoms with Crippen LogP contribution in [0.2, 0.25) is 0 Å². The second-order valence-electron chi connectivity index (χ2n) is 7.34. The number of aryl methyl sites for hydroxylation is 2. The molecule has 2 heterocycles. The lowest BCUT2D eigenvalue weighted by molar-refractivity contribution is -0.117. The van der Waals surface area contributed by atoms with E-state index in [2.05, 4.69) is 10.3 Å². The van der Waals surface area contributed by atoms with E-state index in [9.17, 15) is 4.79 Å². The van der Waals surface area contributed by atoms with E-state index in [1.807, 2.05) is 42.5 Å². The first-order valence-corrected chi connectivity index (χ1v) is 11.8. The van der Waals surface area contributed by atoms with Crippen molar-refractivity contribution in [3.63, 3.8) is 0 Å². The number of likely N-dealkylation sites (N-methyl/N-ethyl adjacent to an activating group) is 1. The minimum Gasteiger partial charge on any atom is -0.383 e. The van der Waals surface area contributed by atoms with Crippen LogP contribution < -0.4 is 11.1 Å². The van der Waals surface area contributed by atoms with Gasteiger partial charge in [-0.15, -0.1) is 23.1 Å². The highest BCUT2D eigenvalue weighted by molar-refractivity contribution is 7.98. The molecule has 1 aliphatic carbocycles. The minimum absolute atomic E-state index is 0.0605. The molecule has 1 aromatic carbocycles. The van der Waals surface area contributed by atoms with E-state index in [-0.39, 0.29) is 12.5 Å². The number of aromatic nitrogens is 2. The topological polar surface area (TPSA) is 84.1 Å². The molecule has 0 fully saturated rings. The maximum absolute atomic E-state index is 12.5. The Labute approximate surface area is 178 Å². The molecule has 0 aliphatic heterocycles. The number of hydrogen-bond donors (Lipinski definition) is 2. The second-order valence-corrected chi connectivity index (χ2v) is 9.27. The number of nitrogens with two attached hydrogens (primary N) is 1. The van der Waals surface area contributed by atoms with Gasteiger partial charge in [-0.25, -0.2) is 9.97 Å². The van der Waals surface area contributed by atoms with Crippen molar-refractivity contribution >= 4 is 50.7 Å². The van der Waals surface area contributed by atoms with Crippen molar-refractivity contribution in [3.8, 4) is 0 Å². The van der Waals surface area contributed by atoms with Crippen LogP contribution in [0.3, 0.4) is 0 Å². The maximum Gasteiger partial charge on any atom is 0.238 e. The van der Waals surface area contributed by atoms with Gasteiger partial charge in [0.05, 0.1) is 24.2 Å². The molecular formula is C21H25N5OS2. The molecule has 152 valence electrons. The molecular weight excluding hydrogens is 402 g/mol. The van der Waals surface area contributed by atoms with Crippen LogP contribution in [0.25, 0.3) is 10.2 Å². The molecule has 6 nitrogen and oxygen atoms in total. The van der Waals surface area contributed by atoms with Gasteiger partial charge in [-0.2, -0.15) is 0 Å². The van der Waals surface area contributed by atoms with Gasteiger partial charge in [0.15, 0.2) is 0 Å². The number of anilines is 2. The van der Waals surface area contributed by atoms with E-state index in [0.29, 0.717) is 18.2 Å². The first-order valence-electron chi connectivity index (χ1n) is 9.73. The smallest absolute Gasteiger partial charge is 0.238 e. The first kappa shape index (κ1) is 20.1. The molecule has 3 aromatic rings. The minimum atomic E-state index is -0.0605. The molecule has 0 unspecified atom stereocenters. The molecule has 0 spiro atoms. The third kappa shape index (κ3) is 4.39. The number of carbonyl (C=O) groups excluding carboxylic acids is 1. The van der Waals surface area contributed by atoms with Crippen LogP contribution in [-0.2, 0) is 24.2 Å². The van der Waals surface area contributed by atoms with Gasteiger partial charge in [0, 0.05) is 9.77 Å². The van der Waals surface area contributed by atoms with Gasteiger partial charge >= 0.3 is 0 Å². The van der Waals surface area contributed by atoms with Gasteiger partial charge in [-0.1, -0.05) is 12.1 Å². The van der Waals surface area contributed by atoms with Gasteiger partial charge in [-0.3, -0.25) is 9.69 Å². The summed E-state index contributed by atoms with van der Waals surface area (Å²) in [6.07, 6.45) is 6.62. The van der Waals surface area contributed by atoms with Crippen molar-refractivity contribution in [2.24, 2.45) is 0 Å².